The van der Waals surface area contributed by atoms with Crippen LogP contribution in [-0.4, -0.2) is 38.1 Å². The lowest BCUT2D eigenvalue weighted by Crippen LogP contribution is -2.23. The molecule has 0 aromatic heterocycles. The van der Waals surface area contributed by atoms with Gasteiger partial charge in [0, 0.05) is 0 Å². The summed E-state index contributed by atoms with van der Waals surface area (Å²) in [5, 5.41) is 0. The molecule has 0 saturated heterocycles. The Balaban J connectivity index is 5.68. The van der Waals surface area contributed by atoms with E-state index in [1.165, 1.54) is 0 Å². The van der Waals surface area contributed by atoms with Gasteiger partial charge in [-0.3, -0.25) is 9.13 Å². The lowest BCUT2D eigenvalue weighted by molar-refractivity contribution is 0.0451. The average molecular weight is 346 g/mol. The van der Waals surface area contributed by atoms with Crippen LogP contribution in [0.5, 0.6) is 0 Å². The summed E-state index contributed by atoms with van der Waals surface area (Å²) >= 11 is 0. The molecule has 0 aromatic rings. The van der Waals surface area contributed by atoms with E-state index in [2.05, 4.69) is 0 Å². The molecule has 0 heterocycles. The Morgan fingerprint density at radius 1 is 0.714 bits per heavy atom. The third-order valence-electron chi connectivity index (χ3n) is 2.17. The highest BCUT2D eigenvalue weighted by Crippen LogP contribution is 2.70. The van der Waals surface area contributed by atoms with Gasteiger partial charge in [-0.05, 0) is 41.5 Å². The minimum Gasteiger partial charge on any atom is -0.352 e. The van der Waals surface area contributed by atoms with Crippen molar-refractivity contribution in [2.75, 3.05) is 26.4 Å². The highest BCUT2D eigenvalue weighted by atomic mass is 31.2. The summed E-state index contributed by atoms with van der Waals surface area (Å²) in [6, 6.07) is 0. The molecule has 0 aromatic carbocycles. The van der Waals surface area contributed by atoms with Crippen LogP contribution in [0.15, 0.2) is 0 Å². The van der Waals surface area contributed by atoms with E-state index in [1.54, 1.807) is 41.5 Å². The third-order valence-corrected chi connectivity index (χ3v) is 7.67. The first-order chi connectivity index (χ1) is 9.79. The minimum absolute atomic E-state index is 0.132. The number of hydrogen-bond acceptors (Lipinski definition) is 7. The molecule has 0 amide bonds. The fourth-order valence-corrected chi connectivity index (χ4v) is 6.68. The summed E-state index contributed by atoms with van der Waals surface area (Å²) in [5.41, 5.74) is -1.40. The van der Waals surface area contributed by atoms with E-state index in [0.717, 1.165) is 0 Å². The second-order valence-electron chi connectivity index (χ2n) is 4.26. The fourth-order valence-electron chi connectivity index (χ4n) is 1.62. The van der Waals surface area contributed by atoms with E-state index in [1.807, 2.05) is 0 Å². The molecule has 0 unspecified atom stereocenters. The summed E-state index contributed by atoms with van der Waals surface area (Å²) in [6.45, 7) is 10.7. The highest BCUT2D eigenvalue weighted by Gasteiger charge is 2.52. The van der Waals surface area contributed by atoms with Gasteiger partial charge in [-0.1, -0.05) is 0 Å². The largest absolute Gasteiger partial charge is 0.371 e. The van der Waals surface area contributed by atoms with Gasteiger partial charge in [0.25, 0.3) is 5.59 Å². The lowest BCUT2D eigenvalue weighted by atomic mass is 10.5. The smallest absolute Gasteiger partial charge is 0.352 e. The second kappa shape index (κ2) is 10.1. The van der Waals surface area contributed by atoms with E-state index in [4.69, 9.17) is 22.8 Å². The first kappa shape index (κ1) is 21.3. The monoisotopic (exact) mass is 346 g/mol. The summed E-state index contributed by atoms with van der Waals surface area (Å²) in [5.74, 6) is 0. The molecular weight excluding hydrogens is 318 g/mol. The van der Waals surface area contributed by atoms with Crippen molar-refractivity contribution < 1.29 is 32.0 Å². The molecule has 0 N–H and O–H groups in total. The van der Waals surface area contributed by atoms with Gasteiger partial charge >= 0.3 is 15.2 Å². The van der Waals surface area contributed by atoms with Gasteiger partial charge in [0.15, 0.2) is 0 Å². The molecule has 9 heteroatoms. The second-order valence-corrected chi connectivity index (χ2v) is 8.80. The molecule has 21 heavy (non-hydrogen) atoms. The van der Waals surface area contributed by atoms with Crippen molar-refractivity contribution in [1.82, 2.24) is 0 Å². The molecule has 0 aliphatic heterocycles. The Hall–Kier alpha value is 0.260. The summed E-state index contributed by atoms with van der Waals surface area (Å²) in [6.07, 6.45) is -0.349. The maximum atomic E-state index is 12.9. The standard InChI is InChI=1S/C12H28O7P2/c1-7-15-20(13,16-8-2)12(19-11(5)6)21(14,17-9-3)18-10-4/h11-12H,7-10H2,1-6H3. The molecule has 0 fully saturated rings. The van der Waals surface area contributed by atoms with E-state index in [0.29, 0.717) is 0 Å². The molecule has 0 atom stereocenters. The Bertz CT molecular complexity index is 323. The zero-order valence-corrected chi connectivity index (χ0v) is 15.5. The average Bonchev–Trinajstić information content (AvgIpc) is 2.36. The fraction of sp³-hybridized carbons (Fsp3) is 1.00. The van der Waals surface area contributed by atoms with Crippen LogP contribution in [0.1, 0.15) is 41.5 Å². The summed E-state index contributed by atoms with van der Waals surface area (Å²) < 4.78 is 52.4. The van der Waals surface area contributed by atoms with Crippen LogP contribution in [0, 0.1) is 0 Å². The van der Waals surface area contributed by atoms with Crippen molar-refractivity contribution in [2.45, 2.75) is 53.2 Å². The normalized spacial score (nSPS) is 13.3. The molecule has 0 aliphatic carbocycles. The van der Waals surface area contributed by atoms with Crippen LogP contribution < -0.4 is 0 Å². The predicted molar refractivity (Wildman–Crippen MR) is 81.7 cm³/mol. The first-order valence-corrected chi connectivity index (χ1v) is 10.4. The Morgan fingerprint density at radius 2 is 1.00 bits per heavy atom. The van der Waals surface area contributed by atoms with Gasteiger partial charge < -0.3 is 22.8 Å². The van der Waals surface area contributed by atoms with E-state index < -0.39 is 20.8 Å². The quantitative estimate of drug-likeness (QED) is 0.489. The molecule has 0 radical (unpaired) electrons. The van der Waals surface area contributed by atoms with Gasteiger partial charge in [-0.2, -0.15) is 0 Å². The third kappa shape index (κ3) is 6.49. The van der Waals surface area contributed by atoms with E-state index >= 15 is 0 Å². The highest BCUT2D eigenvalue weighted by molar-refractivity contribution is 7.72. The van der Waals surface area contributed by atoms with Crippen molar-refractivity contribution in [3.05, 3.63) is 0 Å². The lowest BCUT2D eigenvalue weighted by Gasteiger charge is -2.32. The van der Waals surface area contributed by atoms with Crippen molar-refractivity contribution in [3.8, 4) is 0 Å². The zero-order chi connectivity index (χ0) is 16.5. The van der Waals surface area contributed by atoms with Crippen molar-refractivity contribution in [3.63, 3.8) is 0 Å². The molecule has 7 nitrogen and oxygen atoms in total. The van der Waals surface area contributed by atoms with Crippen LogP contribution >= 0.6 is 15.2 Å². The molecule has 0 spiro atoms. The maximum Gasteiger partial charge on any atom is 0.371 e. The zero-order valence-electron chi connectivity index (χ0n) is 13.7. The number of ether oxygens (including phenoxy) is 1. The molecule has 0 saturated carbocycles. The van der Waals surface area contributed by atoms with Crippen LogP contribution in [0.25, 0.3) is 0 Å². The Kier molecular flexibility index (Phi) is 10.2. The van der Waals surface area contributed by atoms with Gasteiger partial charge in [0.1, 0.15) is 0 Å². The van der Waals surface area contributed by atoms with Crippen LogP contribution in [0.2, 0.25) is 0 Å². The van der Waals surface area contributed by atoms with Gasteiger partial charge in [0.05, 0.1) is 32.5 Å². The predicted octanol–water partition coefficient (Wildman–Crippen LogP) is 4.23. The molecule has 0 rings (SSSR count). The van der Waals surface area contributed by atoms with Crippen molar-refractivity contribution in [2.24, 2.45) is 0 Å². The molecule has 128 valence electrons. The van der Waals surface area contributed by atoms with E-state index in [9.17, 15) is 9.13 Å². The van der Waals surface area contributed by atoms with Crippen LogP contribution in [0.4, 0.5) is 0 Å². The van der Waals surface area contributed by atoms with E-state index in [-0.39, 0.29) is 32.5 Å². The Morgan fingerprint density at radius 3 is 1.19 bits per heavy atom. The van der Waals surface area contributed by atoms with Crippen molar-refractivity contribution in [1.29, 1.82) is 0 Å². The van der Waals surface area contributed by atoms with Gasteiger partial charge in [0.2, 0.25) is 0 Å². The summed E-state index contributed by atoms with van der Waals surface area (Å²) in [7, 11) is -7.60. The molecular formula is C12H28O7P2. The van der Waals surface area contributed by atoms with Crippen LogP contribution in [0.3, 0.4) is 0 Å². The van der Waals surface area contributed by atoms with Crippen molar-refractivity contribution >= 4 is 15.2 Å². The number of hydrogen-bond donors (Lipinski definition) is 0. The molecule has 0 aliphatic rings. The van der Waals surface area contributed by atoms with Crippen LogP contribution in [-0.2, 0) is 32.0 Å². The minimum atomic E-state index is -3.80. The summed E-state index contributed by atoms with van der Waals surface area (Å²) in [4.78, 5) is 0. The van der Waals surface area contributed by atoms with Gasteiger partial charge in [-0.25, -0.2) is 0 Å². The topological polar surface area (TPSA) is 80.3 Å². The number of rotatable bonds is 12. The molecule has 0 bridgehead atoms. The first-order valence-electron chi connectivity index (χ1n) is 7.22. The van der Waals surface area contributed by atoms with Gasteiger partial charge in [-0.15, -0.1) is 0 Å². The maximum absolute atomic E-state index is 12.9. The SMILES string of the molecule is CCOP(=O)(OCC)C(OC(C)C)P(=O)(OCC)OCC. The Labute approximate surface area is 127 Å².